The van der Waals surface area contributed by atoms with E-state index in [4.69, 9.17) is 25.8 Å². The van der Waals surface area contributed by atoms with Crippen LogP contribution in [0.4, 0.5) is 4.79 Å². The topological polar surface area (TPSA) is 106 Å². The highest BCUT2D eigenvalue weighted by atomic mass is 35.5. The first-order valence-corrected chi connectivity index (χ1v) is 16.6. The van der Waals surface area contributed by atoms with Crippen molar-refractivity contribution in [3.8, 4) is 22.6 Å². The van der Waals surface area contributed by atoms with Gasteiger partial charge in [-0.05, 0) is 52.4 Å². The number of hydrogen-bond donors (Lipinski definition) is 1. The number of halogens is 1. The fourth-order valence-corrected chi connectivity index (χ4v) is 7.20. The van der Waals surface area contributed by atoms with E-state index in [9.17, 15) is 19.5 Å². The summed E-state index contributed by atoms with van der Waals surface area (Å²) in [6, 6.07) is 28.5. The number of fused-ring (bicyclic) bond motifs is 4. The Kier molecular flexibility index (Phi) is 10.1. The van der Waals surface area contributed by atoms with Crippen molar-refractivity contribution >= 4 is 29.6 Å². The van der Waals surface area contributed by atoms with E-state index in [0.29, 0.717) is 22.9 Å². The van der Waals surface area contributed by atoms with E-state index in [0.717, 1.165) is 33.4 Å². The molecule has 2 unspecified atom stereocenters. The summed E-state index contributed by atoms with van der Waals surface area (Å²) >= 11 is 6.15. The standard InChI is InChI=1S/C39H39ClN2O7/c1-41(38(45)32(20-36(43)44)34-22-48-37-31(34)13-8-14-35(37)47-3)21-26(19-24-15-17-25(40)18-16-24)42(2)39(46)49-23-33-29-11-6-4-9-27(29)28-10-5-7-12-30(28)33/h4-18,26,32-34H,19-23H2,1-3H3,(H,43,44)/t26?,32?,34-/m0/s1. The van der Waals surface area contributed by atoms with E-state index in [2.05, 4.69) is 24.3 Å². The Morgan fingerprint density at radius 1 is 0.898 bits per heavy atom. The van der Waals surface area contributed by atoms with Crippen LogP contribution in [-0.4, -0.2) is 79.9 Å². The van der Waals surface area contributed by atoms with Gasteiger partial charge in [-0.1, -0.05) is 84.4 Å². The fraction of sp³-hybridized carbons (Fsp3) is 0.308. The van der Waals surface area contributed by atoms with Crippen LogP contribution in [0.1, 0.15) is 40.5 Å². The lowest BCUT2D eigenvalue weighted by molar-refractivity contribution is -0.145. The fourth-order valence-electron chi connectivity index (χ4n) is 7.08. The van der Waals surface area contributed by atoms with E-state index < -0.39 is 29.9 Å². The summed E-state index contributed by atoms with van der Waals surface area (Å²) in [6.07, 6.45) is -0.488. The summed E-state index contributed by atoms with van der Waals surface area (Å²) in [5.74, 6) is -1.86. The van der Waals surface area contributed by atoms with Gasteiger partial charge in [0.1, 0.15) is 6.61 Å². The van der Waals surface area contributed by atoms with Crippen molar-refractivity contribution in [2.24, 2.45) is 5.92 Å². The van der Waals surface area contributed by atoms with E-state index >= 15 is 0 Å². The number of carboxylic acid groups (broad SMARTS) is 1. The zero-order valence-electron chi connectivity index (χ0n) is 27.7. The van der Waals surface area contributed by atoms with Crippen molar-refractivity contribution in [1.82, 2.24) is 9.80 Å². The number of amides is 2. The van der Waals surface area contributed by atoms with E-state index in [-0.39, 0.29) is 38.0 Å². The molecule has 0 radical (unpaired) electrons. The Balaban J connectivity index is 1.21. The molecule has 6 rings (SSSR count). The molecule has 9 nitrogen and oxygen atoms in total. The van der Waals surface area contributed by atoms with Gasteiger partial charge in [-0.2, -0.15) is 0 Å². The summed E-state index contributed by atoms with van der Waals surface area (Å²) < 4.78 is 17.3. The quantitative estimate of drug-likeness (QED) is 0.174. The van der Waals surface area contributed by atoms with Crippen molar-refractivity contribution < 1.29 is 33.7 Å². The van der Waals surface area contributed by atoms with Crippen LogP contribution in [0.3, 0.4) is 0 Å². The molecule has 1 heterocycles. The Morgan fingerprint density at radius 2 is 1.53 bits per heavy atom. The van der Waals surface area contributed by atoms with Crippen LogP contribution in [0, 0.1) is 5.92 Å². The summed E-state index contributed by atoms with van der Waals surface area (Å²) in [5, 5.41) is 10.4. The first-order chi connectivity index (χ1) is 23.7. The molecule has 1 N–H and O–H groups in total. The van der Waals surface area contributed by atoms with Gasteiger partial charge in [0, 0.05) is 43.1 Å². The molecule has 0 spiro atoms. The molecule has 4 aromatic carbocycles. The SMILES string of the molecule is COc1cccc2c1OC[C@@H]2C(CC(=O)O)C(=O)N(C)CC(Cc1ccc(Cl)cc1)N(C)C(=O)OCC1c2ccccc2-c2ccccc21. The van der Waals surface area contributed by atoms with Crippen LogP contribution in [0.2, 0.25) is 5.02 Å². The molecule has 4 aromatic rings. The number of methoxy groups -OCH3 is 1. The molecule has 3 atom stereocenters. The number of carbonyl (C=O) groups excluding carboxylic acids is 2. The van der Waals surface area contributed by atoms with Crippen LogP contribution in [0.25, 0.3) is 11.1 Å². The van der Waals surface area contributed by atoms with Gasteiger partial charge in [0.25, 0.3) is 0 Å². The van der Waals surface area contributed by atoms with Crippen LogP contribution < -0.4 is 9.47 Å². The number of carbonyl (C=O) groups is 3. The number of likely N-dealkylation sites (N-methyl/N-ethyl adjacent to an activating group) is 2. The number of benzene rings is 4. The maximum atomic E-state index is 14.1. The monoisotopic (exact) mass is 682 g/mol. The number of ether oxygens (including phenoxy) is 3. The molecule has 49 heavy (non-hydrogen) atoms. The van der Waals surface area contributed by atoms with Gasteiger partial charge in [-0.3, -0.25) is 9.59 Å². The van der Waals surface area contributed by atoms with Crippen LogP contribution in [0.5, 0.6) is 11.5 Å². The molecule has 0 saturated carbocycles. The molecule has 1 aliphatic heterocycles. The normalized spacial score (nSPS) is 15.6. The molecule has 254 valence electrons. The average Bonchev–Trinajstić information content (AvgIpc) is 3.69. The lowest BCUT2D eigenvalue weighted by Gasteiger charge is -2.33. The maximum absolute atomic E-state index is 14.1. The minimum Gasteiger partial charge on any atom is -0.493 e. The van der Waals surface area contributed by atoms with Gasteiger partial charge in [0.2, 0.25) is 5.91 Å². The zero-order chi connectivity index (χ0) is 34.7. The van der Waals surface area contributed by atoms with Crippen molar-refractivity contribution in [3.63, 3.8) is 0 Å². The Labute approximate surface area is 291 Å². The van der Waals surface area contributed by atoms with E-state index in [1.165, 1.54) is 16.9 Å². The molecule has 1 aliphatic carbocycles. The first-order valence-electron chi connectivity index (χ1n) is 16.2. The Morgan fingerprint density at radius 3 is 2.16 bits per heavy atom. The predicted octanol–water partition coefficient (Wildman–Crippen LogP) is 6.87. The van der Waals surface area contributed by atoms with Crippen molar-refractivity contribution in [2.45, 2.75) is 30.7 Å². The minimum absolute atomic E-state index is 0.101. The van der Waals surface area contributed by atoms with Crippen LogP contribution in [0.15, 0.2) is 91.0 Å². The molecule has 2 aliphatic rings. The van der Waals surface area contributed by atoms with Gasteiger partial charge >= 0.3 is 12.1 Å². The van der Waals surface area contributed by atoms with Gasteiger partial charge < -0.3 is 29.1 Å². The number of hydrogen-bond acceptors (Lipinski definition) is 6. The summed E-state index contributed by atoms with van der Waals surface area (Å²) in [5.41, 5.74) is 6.15. The van der Waals surface area contributed by atoms with Gasteiger partial charge in [0.15, 0.2) is 11.5 Å². The second-order valence-corrected chi connectivity index (χ2v) is 13.1. The third kappa shape index (κ3) is 7.08. The number of rotatable bonds is 12. The lowest BCUT2D eigenvalue weighted by atomic mass is 9.84. The van der Waals surface area contributed by atoms with E-state index in [1.807, 2.05) is 42.5 Å². The van der Waals surface area contributed by atoms with Crippen LogP contribution in [-0.2, 0) is 20.7 Å². The molecule has 0 fully saturated rings. The maximum Gasteiger partial charge on any atom is 0.409 e. The van der Waals surface area contributed by atoms with Crippen LogP contribution >= 0.6 is 11.6 Å². The molecule has 0 bridgehead atoms. The average molecular weight is 683 g/mol. The molecule has 0 saturated heterocycles. The van der Waals surface area contributed by atoms with Gasteiger partial charge in [-0.25, -0.2) is 4.79 Å². The lowest BCUT2D eigenvalue weighted by Crippen LogP contribution is -2.48. The van der Waals surface area contributed by atoms with Crippen molar-refractivity contribution in [2.75, 3.05) is 41.0 Å². The number of para-hydroxylation sites is 1. The third-order valence-electron chi connectivity index (χ3n) is 9.65. The largest absolute Gasteiger partial charge is 0.493 e. The Bertz CT molecular complexity index is 1800. The van der Waals surface area contributed by atoms with Crippen molar-refractivity contribution in [1.29, 1.82) is 0 Å². The summed E-state index contributed by atoms with van der Waals surface area (Å²) in [4.78, 5) is 42.9. The molecule has 2 amide bonds. The molecular weight excluding hydrogens is 644 g/mol. The third-order valence-corrected chi connectivity index (χ3v) is 9.90. The molecule has 0 aromatic heterocycles. The highest BCUT2D eigenvalue weighted by Gasteiger charge is 2.40. The summed E-state index contributed by atoms with van der Waals surface area (Å²) in [6.45, 7) is 0.447. The second kappa shape index (κ2) is 14.6. The van der Waals surface area contributed by atoms with E-state index in [1.54, 1.807) is 38.4 Å². The highest BCUT2D eigenvalue weighted by Crippen LogP contribution is 2.46. The first kappa shape index (κ1) is 33.9. The number of carboxylic acids is 1. The van der Waals surface area contributed by atoms with Crippen molar-refractivity contribution in [3.05, 3.63) is 118 Å². The molecular formula is C39H39ClN2O7. The summed E-state index contributed by atoms with van der Waals surface area (Å²) in [7, 11) is 4.84. The highest BCUT2D eigenvalue weighted by molar-refractivity contribution is 6.30. The number of aliphatic carboxylic acids is 1. The zero-order valence-corrected chi connectivity index (χ0v) is 28.4. The minimum atomic E-state index is -1.09. The van der Waals surface area contributed by atoms with Gasteiger partial charge in [0.05, 0.1) is 32.1 Å². The number of nitrogens with zero attached hydrogens (tertiary/aromatic N) is 2. The molecule has 10 heteroatoms. The smallest absolute Gasteiger partial charge is 0.409 e. The van der Waals surface area contributed by atoms with Gasteiger partial charge in [-0.15, -0.1) is 0 Å². The Hall–Kier alpha value is -5.02. The second-order valence-electron chi connectivity index (χ2n) is 12.6. The predicted molar refractivity (Wildman–Crippen MR) is 186 cm³/mol.